The van der Waals surface area contributed by atoms with Gasteiger partial charge in [0.05, 0.1) is 16.3 Å². The zero-order valence-electron chi connectivity index (χ0n) is 17.4. The Hall–Kier alpha value is -4.33. The number of halogens is 1. The summed E-state index contributed by atoms with van der Waals surface area (Å²) >= 11 is 0. The molecule has 0 fully saturated rings. The van der Waals surface area contributed by atoms with Gasteiger partial charge in [0.15, 0.2) is 0 Å². The molecule has 160 valence electrons. The molecule has 0 radical (unpaired) electrons. The average Bonchev–Trinajstić information content (AvgIpc) is 3.23. The van der Waals surface area contributed by atoms with E-state index in [1.54, 1.807) is 12.1 Å². The van der Waals surface area contributed by atoms with E-state index in [1.165, 1.54) is 47.1 Å². The van der Waals surface area contributed by atoms with E-state index in [2.05, 4.69) is 10.4 Å². The van der Waals surface area contributed by atoms with Gasteiger partial charge in [-0.2, -0.15) is 5.10 Å². The van der Waals surface area contributed by atoms with Crippen molar-refractivity contribution in [2.45, 2.75) is 13.8 Å². The van der Waals surface area contributed by atoms with E-state index in [9.17, 15) is 19.3 Å². The summed E-state index contributed by atoms with van der Waals surface area (Å²) < 4.78 is 14.6. The molecule has 0 atom stereocenters. The van der Waals surface area contributed by atoms with Gasteiger partial charge in [-0.3, -0.25) is 14.9 Å². The molecule has 0 aliphatic rings. The Kier molecular flexibility index (Phi) is 5.51. The lowest BCUT2D eigenvalue weighted by atomic mass is 10.0. The van der Waals surface area contributed by atoms with Crippen molar-refractivity contribution in [1.82, 2.24) is 9.78 Å². The molecular weight excluding hydrogens is 411 g/mol. The van der Waals surface area contributed by atoms with E-state index >= 15 is 0 Å². The Balaban J connectivity index is 1.80. The number of aromatic nitrogens is 2. The fourth-order valence-corrected chi connectivity index (χ4v) is 3.25. The van der Waals surface area contributed by atoms with Crippen molar-refractivity contribution in [2.75, 3.05) is 5.32 Å². The van der Waals surface area contributed by atoms with Crippen LogP contribution in [0.5, 0.6) is 0 Å². The third-order valence-corrected chi connectivity index (χ3v) is 5.13. The third kappa shape index (κ3) is 4.24. The highest BCUT2D eigenvalue weighted by molar-refractivity contribution is 6.04. The monoisotopic (exact) mass is 430 g/mol. The quantitative estimate of drug-likeness (QED) is 0.336. The summed E-state index contributed by atoms with van der Waals surface area (Å²) in [5.41, 5.74) is 4.41. The van der Waals surface area contributed by atoms with Crippen molar-refractivity contribution in [3.05, 3.63) is 106 Å². The molecule has 0 aliphatic heterocycles. The minimum atomic E-state index is -0.504. The summed E-state index contributed by atoms with van der Waals surface area (Å²) in [6.45, 7) is 3.99. The number of hydrogen-bond donors (Lipinski definition) is 1. The van der Waals surface area contributed by atoms with Crippen molar-refractivity contribution in [2.24, 2.45) is 0 Å². The van der Waals surface area contributed by atoms with E-state index in [0.29, 0.717) is 17.1 Å². The number of carbonyl (C=O) groups is 1. The van der Waals surface area contributed by atoms with E-state index in [0.717, 1.165) is 16.7 Å². The number of anilines is 1. The fourth-order valence-electron chi connectivity index (χ4n) is 3.25. The predicted molar refractivity (Wildman–Crippen MR) is 119 cm³/mol. The highest BCUT2D eigenvalue weighted by Crippen LogP contribution is 2.26. The number of amides is 1. The van der Waals surface area contributed by atoms with Gasteiger partial charge in [0.2, 0.25) is 0 Å². The minimum absolute atomic E-state index is 0.115. The molecule has 1 N–H and O–H groups in total. The summed E-state index contributed by atoms with van der Waals surface area (Å²) in [5, 5.41) is 18.5. The van der Waals surface area contributed by atoms with Gasteiger partial charge in [-0.05, 0) is 67.4 Å². The van der Waals surface area contributed by atoms with Gasteiger partial charge < -0.3 is 5.32 Å². The first kappa shape index (κ1) is 20.9. The molecule has 3 aromatic carbocycles. The van der Waals surface area contributed by atoms with Crippen molar-refractivity contribution in [3.63, 3.8) is 0 Å². The Morgan fingerprint density at radius 2 is 1.75 bits per heavy atom. The van der Waals surface area contributed by atoms with Crippen molar-refractivity contribution in [1.29, 1.82) is 0 Å². The lowest BCUT2D eigenvalue weighted by Crippen LogP contribution is -2.17. The predicted octanol–water partition coefficient (Wildman–Crippen LogP) is 5.46. The van der Waals surface area contributed by atoms with Crippen molar-refractivity contribution >= 4 is 17.3 Å². The van der Waals surface area contributed by atoms with Gasteiger partial charge in [0, 0.05) is 23.4 Å². The summed E-state index contributed by atoms with van der Waals surface area (Å²) in [6.07, 6.45) is 0. The zero-order valence-corrected chi connectivity index (χ0v) is 17.4. The van der Waals surface area contributed by atoms with Crippen LogP contribution in [0.1, 0.15) is 21.6 Å². The molecule has 1 aromatic heterocycles. The maximum atomic E-state index is 13.2. The topological polar surface area (TPSA) is 90.1 Å². The average molecular weight is 430 g/mol. The number of nitro groups is 1. The largest absolute Gasteiger partial charge is 0.321 e. The highest BCUT2D eigenvalue weighted by atomic mass is 19.1. The molecule has 0 saturated carbocycles. The summed E-state index contributed by atoms with van der Waals surface area (Å²) in [7, 11) is 0. The van der Waals surface area contributed by atoms with Crippen LogP contribution in [0.4, 0.5) is 15.8 Å². The molecule has 0 aliphatic carbocycles. The Labute approximate surface area is 183 Å². The molecule has 1 heterocycles. The van der Waals surface area contributed by atoms with E-state index in [1.807, 2.05) is 32.0 Å². The van der Waals surface area contributed by atoms with Crippen LogP contribution >= 0.6 is 0 Å². The maximum Gasteiger partial charge on any atom is 0.274 e. The number of carbonyl (C=O) groups excluding carboxylic acids is 1. The number of nitrogens with one attached hydrogen (secondary N) is 1. The Bertz CT molecular complexity index is 1330. The highest BCUT2D eigenvalue weighted by Gasteiger charge is 2.19. The van der Waals surface area contributed by atoms with Crippen LogP contribution < -0.4 is 5.32 Å². The van der Waals surface area contributed by atoms with E-state index in [4.69, 9.17) is 0 Å². The third-order valence-electron chi connectivity index (χ3n) is 5.13. The van der Waals surface area contributed by atoms with Crippen LogP contribution in [0.25, 0.3) is 16.9 Å². The molecule has 7 nitrogen and oxygen atoms in total. The molecule has 0 bridgehead atoms. The number of non-ortho nitro benzene ring substituents is 1. The first-order chi connectivity index (χ1) is 15.3. The van der Waals surface area contributed by atoms with Crippen LogP contribution in [-0.4, -0.2) is 20.6 Å². The van der Waals surface area contributed by atoms with Gasteiger partial charge >= 0.3 is 0 Å². The molecular formula is C24H19FN4O3. The standard InChI is InChI=1S/C24H19FN4O3/c1-15-6-7-17(12-16(15)2)22-14-23(24(30)26-19-10-8-18(25)9-11-19)28(27-22)20-4-3-5-21(13-20)29(31)32/h3-14H,1-2H3,(H,26,30). The number of benzene rings is 3. The summed E-state index contributed by atoms with van der Waals surface area (Å²) in [5.74, 6) is -0.896. The SMILES string of the molecule is Cc1ccc(-c2cc(C(=O)Nc3ccc(F)cc3)n(-c3cccc([N+](=O)[O-])c3)n2)cc1C. The van der Waals surface area contributed by atoms with Crippen LogP contribution in [-0.2, 0) is 0 Å². The fraction of sp³-hybridized carbons (Fsp3) is 0.0833. The molecule has 8 heteroatoms. The number of aryl methyl sites for hydroxylation is 2. The zero-order chi connectivity index (χ0) is 22.8. The van der Waals surface area contributed by atoms with E-state index < -0.39 is 16.6 Å². The van der Waals surface area contributed by atoms with Gasteiger partial charge in [-0.25, -0.2) is 9.07 Å². The molecule has 0 spiro atoms. The van der Waals surface area contributed by atoms with Crippen LogP contribution in [0.2, 0.25) is 0 Å². The van der Waals surface area contributed by atoms with Gasteiger partial charge in [0.25, 0.3) is 11.6 Å². The van der Waals surface area contributed by atoms with Crippen LogP contribution in [0.15, 0.2) is 72.8 Å². The van der Waals surface area contributed by atoms with Crippen molar-refractivity contribution < 1.29 is 14.1 Å². The van der Waals surface area contributed by atoms with E-state index in [-0.39, 0.29) is 11.4 Å². The second-order valence-electron chi connectivity index (χ2n) is 7.36. The second kappa shape index (κ2) is 8.43. The Morgan fingerprint density at radius 1 is 1.00 bits per heavy atom. The van der Waals surface area contributed by atoms with Gasteiger partial charge in [-0.1, -0.05) is 18.2 Å². The molecule has 0 unspecified atom stereocenters. The number of nitro benzene ring substituents is 1. The molecule has 32 heavy (non-hydrogen) atoms. The first-order valence-electron chi connectivity index (χ1n) is 9.81. The Morgan fingerprint density at radius 3 is 2.44 bits per heavy atom. The lowest BCUT2D eigenvalue weighted by Gasteiger charge is -2.08. The van der Waals surface area contributed by atoms with Crippen LogP contribution in [0.3, 0.4) is 0 Å². The van der Waals surface area contributed by atoms with Gasteiger partial charge in [0.1, 0.15) is 11.5 Å². The maximum absolute atomic E-state index is 13.2. The molecule has 4 aromatic rings. The lowest BCUT2D eigenvalue weighted by molar-refractivity contribution is -0.384. The first-order valence-corrected chi connectivity index (χ1v) is 9.81. The minimum Gasteiger partial charge on any atom is -0.321 e. The number of hydrogen-bond acceptors (Lipinski definition) is 4. The normalized spacial score (nSPS) is 10.7. The molecule has 0 saturated heterocycles. The second-order valence-corrected chi connectivity index (χ2v) is 7.36. The number of nitrogens with zero attached hydrogens (tertiary/aromatic N) is 3. The summed E-state index contributed by atoms with van der Waals surface area (Å²) in [4.78, 5) is 23.8. The molecule has 1 amide bonds. The van der Waals surface area contributed by atoms with Crippen molar-refractivity contribution in [3.8, 4) is 16.9 Å². The van der Waals surface area contributed by atoms with Gasteiger partial charge in [-0.15, -0.1) is 0 Å². The smallest absolute Gasteiger partial charge is 0.274 e. The van der Waals surface area contributed by atoms with Crippen LogP contribution in [0, 0.1) is 29.8 Å². The summed E-state index contributed by atoms with van der Waals surface area (Å²) in [6, 6.07) is 18.8. The number of rotatable bonds is 5. The molecule has 4 rings (SSSR count).